The Balaban J connectivity index is 2.33. The fourth-order valence-corrected chi connectivity index (χ4v) is 1.41. The molecule has 6 heteroatoms. The van der Waals surface area contributed by atoms with Gasteiger partial charge in [-0.15, -0.1) is 12.3 Å². The average Bonchev–Trinajstić information content (AvgIpc) is 2.66. The third kappa shape index (κ3) is 3.44. The third-order valence-electron chi connectivity index (χ3n) is 2.27. The van der Waals surface area contributed by atoms with E-state index in [2.05, 4.69) is 16.6 Å². The molecule has 1 saturated heterocycles. The standard InChI is InChI=1S/C10H14N2O4/c1-2-3-4-11-10(15)12-8-6-16-5-7(8)9(13)14/h1,7-8H,3-6H2,(H,13,14)(H2,11,12,15). The number of carboxylic acids is 1. The van der Waals surface area contributed by atoms with Crippen molar-refractivity contribution in [2.24, 2.45) is 5.92 Å². The Morgan fingerprint density at radius 2 is 2.25 bits per heavy atom. The van der Waals surface area contributed by atoms with Gasteiger partial charge in [-0.25, -0.2) is 4.79 Å². The van der Waals surface area contributed by atoms with E-state index < -0.39 is 24.0 Å². The molecule has 2 unspecified atom stereocenters. The highest BCUT2D eigenvalue weighted by Gasteiger charge is 2.34. The highest BCUT2D eigenvalue weighted by molar-refractivity contribution is 5.77. The maximum absolute atomic E-state index is 11.3. The molecule has 1 rings (SSSR count). The van der Waals surface area contributed by atoms with E-state index in [1.165, 1.54) is 0 Å². The molecule has 6 nitrogen and oxygen atoms in total. The average molecular weight is 226 g/mol. The van der Waals surface area contributed by atoms with E-state index in [0.717, 1.165) is 0 Å². The van der Waals surface area contributed by atoms with Crippen LogP contribution in [0.2, 0.25) is 0 Å². The Bertz CT molecular complexity index is 310. The van der Waals surface area contributed by atoms with Gasteiger partial charge in [-0.2, -0.15) is 0 Å². The van der Waals surface area contributed by atoms with Crippen molar-refractivity contribution in [1.82, 2.24) is 10.6 Å². The smallest absolute Gasteiger partial charge is 0.315 e. The number of nitrogens with one attached hydrogen (secondary N) is 2. The van der Waals surface area contributed by atoms with E-state index in [4.69, 9.17) is 16.3 Å². The van der Waals surface area contributed by atoms with E-state index in [-0.39, 0.29) is 13.2 Å². The van der Waals surface area contributed by atoms with E-state index in [0.29, 0.717) is 13.0 Å². The van der Waals surface area contributed by atoms with Crippen LogP contribution >= 0.6 is 0 Å². The number of terminal acetylenes is 1. The first-order valence-electron chi connectivity index (χ1n) is 4.93. The number of urea groups is 1. The first-order chi connectivity index (χ1) is 7.65. The number of carboxylic acid groups (broad SMARTS) is 1. The van der Waals surface area contributed by atoms with Gasteiger partial charge < -0.3 is 20.5 Å². The lowest BCUT2D eigenvalue weighted by Gasteiger charge is -2.15. The van der Waals surface area contributed by atoms with Crippen LogP contribution in [-0.4, -0.2) is 42.9 Å². The molecule has 0 aliphatic carbocycles. The van der Waals surface area contributed by atoms with E-state index >= 15 is 0 Å². The van der Waals surface area contributed by atoms with Gasteiger partial charge >= 0.3 is 12.0 Å². The summed E-state index contributed by atoms with van der Waals surface area (Å²) in [6.45, 7) is 0.720. The molecule has 0 spiro atoms. The van der Waals surface area contributed by atoms with Crippen molar-refractivity contribution >= 4 is 12.0 Å². The number of carbonyl (C=O) groups is 2. The monoisotopic (exact) mass is 226 g/mol. The van der Waals surface area contributed by atoms with Gasteiger partial charge in [-0.3, -0.25) is 4.79 Å². The van der Waals surface area contributed by atoms with E-state index in [1.54, 1.807) is 0 Å². The number of rotatable bonds is 4. The number of carbonyl (C=O) groups excluding carboxylic acids is 1. The Labute approximate surface area is 93.3 Å². The third-order valence-corrected chi connectivity index (χ3v) is 2.27. The molecule has 0 radical (unpaired) electrons. The summed E-state index contributed by atoms with van der Waals surface area (Å²) in [5.41, 5.74) is 0. The van der Waals surface area contributed by atoms with Gasteiger partial charge in [0.25, 0.3) is 0 Å². The molecule has 0 saturated carbocycles. The molecule has 1 aliphatic heterocycles. The molecule has 2 atom stereocenters. The topological polar surface area (TPSA) is 87.7 Å². The molecule has 88 valence electrons. The van der Waals surface area contributed by atoms with Gasteiger partial charge in [0.15, 0.2) is 0 Å². The maximum Gasteiger partial charge on any atom is 0.315 e. The molecule has 1 fully saturated rings. The van der Waals surface area contributed by atoms with Gasteiger partial charge in [0.05, 0.1) is 19.3 Å². The molecule has 16 heavy (non-hydrogen) atoms. The van der Waals surface area contributed by atoms with Crippen molar-refractivity contribution in [3.05, 3.63) is 0 Å². The molecule has 3 N–H and O–H groups in total. The number of ether oxygens (including phenoxy) is 1. The Morgan fingerprint density at radius 3 is 2.88 bits per heavy atom. The van der Waals surface area contributed by atoms with Crippen LogP contribution in [0.4, 0.5) is 4.79 Å². The van der Waals surface area contributed by atoms with Crippen LogP contribution in [0.15, 0.2) is 0 Å². The summed E-state index contributed by atoms with van der Waals surface area (Å²) < 4.78 is 5.00. The molecule has 0 aromatic rings. The first kappa shape index (κ1) is 12.3. The van der Waals surface area contributed by atoms with Crippen LogP contribution in [-0.2, 0) is 9.53 Å². The van der Waals surface area contributed by atoms with Crippen molar-refractivity contribution in [2.45, 2.75) is 12.5 Å². The summed E-state index contributed by atoms with van der Waals surface area (Å²) in [6.07, 6.45) is 5.46. The van der Waals surface area contributed by atoms with Crippen molar-refractivity contribution < 1.29 is 19.4 Å². The van der Waals surface area contributed by atoms with Gasteiger partial charge in [0.2, 0.25) is 0 Å². The van der Waals surface area contributed by atoms with Gasteiger partial charge in [-0.1, -0.05) is 0 Å². The SMILES string of the molecule is C#CCCNC(=O)NC1COCC1C(=O)O. The quantitative estimate of drug-likeness (QED) is 0.441. The minimum Gasteiger partial charge on any atom is -0.481 e. The predicted molar refractivity (Wildman–Crippen MR) is 55.7 cm³/mol. The summed E-state index contributed by atoms with van der Waals surface area (Å²) >= 11 is 0. The van der Waals surface area contributed by atoms with Crippen LogP contribution in [0.1, 0.15) is 6.42 Å². The Kier molecular flexibility index (Phi) is 4.61. The van der Waals surface area contributed by atoms with Gasteiger partial charge in [0, 0.05) is 13.0 Å². The fourth-order valence-electron chi connectivity index (χ4n) is 1.41. The normalized spacial score (nSPS) is 23.4. The molecule has 0 aromatic heterocycles. The lowest BCUT2D eigenvalue weighted by molar-refractivity contribution is -0.142. The lowest BCUT2D eigenvalue weighted by atomic mass is 10.0. The van der Waals surface area contributed by atoms with Gasteiger partial charge in [-0.05, 0) is 0 Å². The molecule has 0 aromatic carbocycles. The molecule has 2 amide bonds. The van der Waals surface area contributed by atoms with E-state index in [9.17, 15) is 9.59 Å². The molecule has 0 bridgehead atoms. The summed E-state index contributed by atoms with van der Waals surface area (Å²) in [7, 11) is 0. The van der Waals surface area contributed by atoms with E-state index in [1.807, 2.05) is 0 Å². The largest absolute Gasteiger partial charge is 0.481 e. The second-order valence-corrected chi connectivity index (χ2v) is 3.44. The number of hydrogen-bond acceptors (Lipinski definition) is 3. The predicted octanol–water partition coefficient (Wildman–Crippen LogP) is -0.591. The number of amides is 2. The maximum atomic E-state index is 11.3. The zero-order valence-electron chi connectivity index (χ0n) is 8.73. The number of aliphatic carboxylic acids is 1. The lowest BCUT2D eigenvalue weighted by Crippen LogP contribution is -2.47. The van der Waals surface area contributed by atoms with Crippen LogP contribution in [0.5, 0.6) is 0 Å². The summed E-state index contributed by atoms with van der Waals surface area (Å²) in [5.74, 6) is 0.734. The summed E-state index contributed by atoms with van der Waals surface area (Å²) in [5, 5.41) is 13.9. The second-order valence-electron chi connectivity index (χ2n) is 3.44. The van der Waals surface area contributed by atoms with Crippen LogP contribution in [0, 0.1) is 18.3 Å². The molecule has 1 aliphatic rings. The highest BCUT2D eigenvalue weighted by atomic mass is 16.5. The molecular weight excluding hydrogens is 212 g/mol. The van der Waals surface area contributed by atoms with Crippen LogP contribution in [0.3, 0.4) is 0 Å². The van der Waals surface area contributed by atoms with Gasteiger partial charge in [0.1, 0.15) is 5.92 Å². The zero-order chi connectivity index (χ0) is 12.0. The van der Waals surface area contributed by atoms with Crippen LogP contribution in [0.25, 0.3) is 0 Å². The highest BCUT2D eigenvalue weighted by Crippen LogP contribution is 2.13. The summed E-state index contributed by atoms with van der Waals surface area (Å²) in [4.78, 5) is 22.1. The second kappa shape index (κ2) is 5.98. The minimum atomic E-state index is -0.966. The van der Waals surface area contributed by atoms with Crippen molar-refractivity contribution in [3.8, 4) is 12.3 Å². The Morgan fingerprint density at radius 1 is 1.50 bits per heavy atom. The van der Waals surface area contributed by atoms with Crippen LogP contribution < -0.4 is 10.6 Å². The van der Waals surface area contributed by atoms with Crippen molar-refractivity contribution in [2.75, 3.05) is 19.8 Å². The number of hydrogen-bond donors (Lipinski definition) is 3. The first-order valence-corrected chi connectivity index (χ1v) is 4.93. The zero-order valence-corrected chi connectivity index (χ0v) is 8.73. The molecular formula is C10H14N2O4. The minimum absolute atomic E-state index is 0.130. The van der Waals surface area contributed by atoms with Crippen molar-refractivity contribution in [1.29, 1.82) is 0 Å². The molecule has 1 heterocycles. The Hall–Kier alpha value is -1.74. The fraction of sp³-hybridized carbons (Fsp3) is 0.600. The summed E-state index contributed by atoms with van der Waals surface area (Å²) in [6, 6.07) is -0.902. The van der Waals surface area contributed by atoms with Crippen molar-refractivity contribution in [3.63, 3.8) is 0 Å².